The number of hydrogen-bond acceptors (Lipinski definition) is 4. The standard InChI is InChI=1S/C17H15BrFN5O/c1-10-3-8-14(9-15(10)19)20-17(25)11(2)24-22-16(21-23-24)12-4-6-13(18)7-5-12/h3-9,11H,1-2H3,(H,20,25). The van der Waals surface area contributed by atoms with Crippen molar-refractivity contribution < 1.29 is 9.18 Å². The van der Waals surface area contributed by atoms with Crippen LogP contribution in [0.1, 0.15) is 18.5 Å². The van der Waals surface area contributed by atoms with E-state index in [1.54, 1.807) is 26.0 Å². The lowest BCUT2D eigenvalue weighted by Crippen LogP contribution is -2.25. The monoisotopic (exact) mass is 403 g/mol. The van der Waals surface area contributed by atoms with Gasteiger partial charge in [0.15, 0.2) is 0 Å². The third-order valence-corrected chi connectivity index (χ3v) is 4.22. The van der Waals surface area contributed by atoms with Gasteiger partial charge in [0, 0.05) is 15.7 Å². The summed E-state index contributed by atoms with van der Waals surface area (Å²) in [5.41, 5.74) is 1.69. The minimum atomic E-state index is -0.693. The summed E-state index contributed by atoms with van der Waals surface area (Å²) in [6.07, 6.45) is 0. The van der Waals surface area contributed by atoms with Gasteiger partial charge in [0.1, 0.15) is 11.9 Å². The van der Waals surface area contributed by atoms with Crippen LogP contribution in [0.15, 0.2) is 46.9 Å². The van der Waals surface area contributed by atoms with E-state index < -0.39 is 6.04 Å². The molecule has 3 rings (SSSR count). The number of halogens is 2. The molecule has 0 aliphatic heterocycles. The van der Waals surface area contributed by atoms with Crippen LogP contribution in [0.5, 0.6) is 0 Å². The summed E-state index contributed by atoms with van der Waals surface area (Å²) in [6.45, 7) is 3.31. The Morgan fingerprint density at radius 1 is 1.24 bits per heavy atom. The van der Waals surface area contributed by atoms with E-state index in [1.807, 2.05) is 24.3 Å². The molecule has 0 radical (unpaired) electrons. The van der Waals surface area contributed by atoms with Crippen LogP contribution in [0.25, 0.3) is 11.4 Å². The lowest BCUT2D eigenvalue weighted by Gasteiger charge is -2.11. The van der Waals surface area contributed by atoms with E-state index >= 15 is 0 Å². The third-order valence-electron chi connectivity index (χ3n) is 3.70. The van der Waals surface area contributed by atoms with E-state index in [-0.39, 0.29) is 11.7 Å². The number of aryl methyl sites for hydroxylation is 1. The molecule has 1 N–H and O–H groups in total. The van der Waals surface area contributed by atoms with Crippen LogP contribution >= 0.6 is 15.9 Å². The zero-order valence-corrected chi connectivity index (χ0v) is 15.2. The minimum Gasteiger partial charge on any atom is -0.324 e. The summed E-state index contributed by atoms with van der Waals surface area (Å²) in [5, 5.41) is 14.8. The summed E-state index contributed by atoms with van der Waals surface area (Å²) in [4.78, 5) is 13.6. The SMILES string of the molecule is Cc1ccc(NC(=O)C(C)n2nnc(-c3ccc(Br)cc3)n2)cc1F. The van der Waals surface area contributed by atoms with Gasteiger partial charge in [-0.25, -0.2) is 4.39 Å². The minimum absolute atomic E-state index is 0.358. The van der Waals surface area contributed by atoms with Gasteiger partial charge < -0.3 is 5.32 Å². The molecule has 1 unspecified atom stereocenters. The molecule has 0 spiro atoms. The van der Waals surface area contributed by atoms with Gasteiger partial charge in [0.2, 0.25) is 5.82 Å². The fourth-order valence-corrected chi connectivity index (χ4v) is 2.39. The molecule has 2 aromatic carbocycles. The number of carbonyl (C=O) groups is 1. The summed E-state index contributed by atoms with van der Waals surface area (Å²) in [7, 11) is 0. The van der Waals surface area contributed by atoms with E-state index in [9.17, 15) is 9.18 Å². The third kappa shape index (κ3) is 3.90. The summed E-state index contributed by atoms with van der Waals surface area (Å²) >= 11 is 3.37. The lowest BCUT2D eigenvalue weighted by molar-refractivity contribution is -0.119. The number of carbonyl (C=O) groups excluding carboxylic acids is 1. The van der Waals surface area contributed by atoms with E-state index in [1.165, 1.54) is 10.9 Å². The van der Waals surface area contributed by atoms with Gasteiger partial charge in [0.25, 0.3) is 5.91 Å². The Morgan fingerprint density at radius 3 is 2.64 bits per heavy atom. The predicted octanol–water partition coefficient (Wildman–Crippen LogP) is 3.75. The van der Waals surface area contributed by atoms with Crippen molar-refractivity contribution in [3.8, 4) is 11.4 Å². The topological polar surface area (TPSA) is 72.7 Å². The fourth-order valence-electron chi connectivity index (χ4n) is 2.13. The van der Waals surface area contributed by atoms with Crippen molar-refractivity contribution in [3.63, 3.8) is 0 Å². The number of nitrogens with one attached hydrogen (secondary N) is 1. The van der Waals surface area contributed by atoms with Crippen LogP contribution in [-0.4, -0.2) is 26.1 Å². The normalized spacial score (nSPS) is 12.0. The van der Waals surface area contributed by atoms with Crippen LogP contribution in [0, 0.1) is 12.7 Å². The van der Waals surface area contributed by atoms with E-state index in [0.717, 1.165) is 10.0 Å². The van der Waals surface area contributed by atoms with E-state index in [0.29, 0.717) is 17.1 Å². The highest BCUT2D eigenvalue weighted by Gasteiger charge is 2.19. The molecule has 1 atom stereocenters. The van der Waals surface area contributed by atoms with Crippen molar-refractivity contribution in [2.75, 3.05) is 5.32 Å². The molecule has 8 heteroatoms. The predicted molar refractivity (Wildman–Crippen MR) is 95.4 cm³/mol. The Hall–Kier alpha value is -2.61. The average Bonchev–Trinajstić information content (AvgIpc) is 3.08. The average molecular weight is 404 g/mol. The molecule has 3 aromatic rings. The Morgan fingerprint density at radius 2 is 1.96 bits per heavy atom. The van der Waals surface area contributed by atoms with Gasteiger partial charge in [0.05, 0.1) is 0 Å². The number of hydrogen-bond donors (Lipinski definition) is 1. The first-order valence-corrected chi connectivity index (χ1v) is 8.36. The first-order valence-electron chi connectivity index (χ1n) is 7.56. The molecule has 0 fully saturated rings. The molecular weight excluding hydrogens is 389 g/mol. The Bertz CT molecular complexity index is 910. The number of nitrogens with zero attached hydrogens (tertiary/aromatic N) is 4. The second-order valence-electron chi connectivity index (χ2n) is 5.57. The molecule has 0 saturated carbocycles. The van der Waals surface area contributed by atoms with Gasteiger partial charge in [-0.3, -0.25) is 4.79 Å². The zero-order chi connectivity index (χ0) is 18.0. The van der Waals surface area contributed by atoms with Crippen LogP contribution in [-0.2, 0) is 4.79 Å². The molecule has 0 aliphatic carbocycles. The maximum atomic E-state index is 13.6. The highest BCUT2D eigenvalue weighted by molar-refractivity contribution is 9.10. The van der Waals surface area contributed by atoms with E-state index in [2.05, 4.69) is 36.7 Å². The lowest BCUT2D eigenvalue weighted by atomic mass is 10.2. The molecular formula is C17H15BrFN5O. The maximum Gasteiger partial charge on any atom is 0.250 e. The number of amides is 1. The number of benzene rings is 2. The molecule has 1 amide bonds. The first kappa shape index (κ1) is 17.2. The largest absolute Gasteiger partial charge is 0.324 e. The van der Waals surface area contributed by atoms with E-state index in [4.69, 9.17) is 0 Å². The highest BCUT2D eigenvalue weighted by Crippen LogP contribution is 2.19. The molecule has 25 heavy (non-hydrogen) atoms. The van der Waals surface area contributed by atoms with Crippen molar-refractivity contribution in [3.05, 3.63) is 58.3 Å². The zero-order valence-electron chi connectivity index (χ0n) is 13.6. The quantitative estimate of drug-likeness (QED) is 0.719. The molecule has 1 aromatic heterocycles. The van der Waals surface area contributed by atoms with Crippen molar-refractivity contribution >= 4 is 27.5 Å². The number of aromatic nitrogens is 4. The fraction of sp³-hybridized carbons (Fsp3) is 0.176. The van der Waals surface area contributed by atoms with Crippen LogP contribution < -0.4 is 5.32 Å². The van der Waals surface area contributed by atoms with Crippen molar-refractivity contribution in [2.45, 2.75) is 19.9 Å². The highest BCUT2D eigenvalue weighted by atomic mass is 79.9. The molecule has 6 nitrogen and oxygen atoms in total. The second-order valence-corrected chi connectivity index (χ2v) is 6.49. The second kappa shape index (κ2) is 7.10. The van der Waals surface area contributed by atoms with Crippen molar-refractivity contribution in [1.82, 2.24) is 20.2 Å². The summed E-state index contributed by atoms with van der Waals surface area (Å²) < 4.78 is 14.5. The van der Waals surface area contributed by atoms with Gasteiger partial charge in [-0.2, -0.15) is 4.80 Å². The van der Waals surface area contributed by atoms with Crippen molar-refractivity contribution in [2.24, 2.45) is 0 Å². The summed E-state index contributed by atoms with van der Waals surface area (Å²) in [6, 6.07) is 11.3. The smallest absolute Gasteiger partial charge is 0.250 e. The molecule has 1 heterocycles. The number of tetrazole rings is 1. The van der Waals surface area contributed by atoms with Gasteiger partial charge in [-0.05, 0) is 61.0 Å². The number of anilines is 1. The van der Waals surface area contributed by atoms with Crippen LogP contribution in [0.3, 0.4) is 0 Å². The molecule has 0 aliphatic rings. The molecule has 0 bridgehead atoms. The van der Waals surface area contributed by atoms with Crippen LogP contribution in [0.4, 0.5) is 10.1 Å². The Labute approximate surface area is 152 Å². The Kier molecular flexibility index (Phi) is 4.89. The van der Waals surface area contributed by atoms with Crippen molar-refractivity contribution in [1.29, 1.82) is 0 Å². The Balaban J connectivity index is 1.74. The molecule has 0 saturated heterocycles. The molecule has 128 valence electrons. The maximum absolute atomic E-state index is 13.6. The number of rotatable bonds is 4. The summed E-state index contributed by atoms with van der Waals surface area (Å²) in [5.74, 6) is -0.307. The van der Waals surface area contributed by atoms with Gasteiger partial charge in [-0.1, -0.05) is 22.0 Å². The van der Waals surface area contributed by atoms with Gasteiger partial charge in [-0.15, -0.1) is 10.2 Å². The first-order chi connectivity index (χ1) is 11.9. The van der Waals surface area contributed by atoms with Crippen LogP contribution in [0.2, 0.25) is 0 Å². The van der Waals surface area contributed by atoms with Gasteiger partial charge >= 0.3 is 0 Å².